The maximum Gasteiger partial charge on any atom is 0.231 e. The van der Waals surface area contributed by atoms with Crippen LogP contribution in [-0.2, 0) is 6.54 Å². The van der Waals surface area contributed by atoms with Crippen molar-refractivity contribution < 1.29 is 14.6 Å². The molecule has 2 N–H and O–H groups in total. The summed E-state index contributed by atoms with van der Waals surface area (Å²) in [6.07, 6.45) is 0. The lowest BCUT2D eigenvalue weighted by atomic mass is 10.0. The van der Waals surface area contributed by atoms with E-state index in [-0.39, 0.29) is 12.6 Å². The van der Waals surface area contributed by atoms with Crippen molar-refractivity contribution >= 4 is 0 Å². The van der Waals surface area contributed by atoms with Crippen LogP contribution in [-0.4, -0.2) is 24.5 Å². The van der Waals surface area contributed by atoms with E-state index in [1.165, 1.54) is 0 Å². The van der Waals surface area contributed by atoms with E-state index in [1.807, 2.05) is 18.2 Å². The third-order valence-electron chi connectivity index (χ3n) is 3.03. The van der Waals surface area contributed by atoms with Gasteiger partial charge in [0.1, 0.15) is 0 Å². The molecule has 1 heterocycles. The number of para-hydroxylation sites is 1. The second kappa shape index (κ2) is 5.38. The molecule has 0 amide bonds. The summed E-state index contributed by atoms with van der Waals surface area (Å²) < 4.78 is 10.8. The molecule has 1 aliphatic rings. The first-order valence-corrected chi connectivity index (χ1v) is 5.94. The van der Waals surface area contributed by atoms with Crippen LogP contribution in [0.3, 0.4) is 0 Å². The summed E-state index contributed by atoms with van der Waals surface area (Å²) in [4.78, 5) is 0. The van der Waals surface area contributed by atoms with Crippen molar-refractivity contribution in [1.29, 1.82) is 0 Å². The quantitative estimate of drug-likeness (QED) is 0.815. The molecule has 1 aromatic carbocycles. The Labute approximate surface area is 102 Å². The van der Waals surface area contributed by atoms with Crippen molar-refractivity contribution in [3.8, 4) is 11.5 Å². The summed E-state index contributed by atoms with van der Waals surface area (Å²) in [5.41, 5.74) is 1.07. The van der Waals surface area contributed by atoms with E-state index in [1.54, 1.807) is 0 Å². The van der Waals surface area contributed by atoms with Crippen LogP contribution in [0.25, 0.3) is 0 Å². The van der Waals surface area contributed by atoms with Gasteiger partial charge in [-0.1, -0.05) is 26.0 Å². The van der Waals surface area contributed by atoms with Crippen molar-refractivity contribution in [1.82, 2.24) is 5.32 Å². The Bertz CT molecular complexity index is 379. The molecule has 0 saturated heterocycles. The number of rotatable bonds is 5. The number of benzene rings is 1. The maximum absolute atomic E-state index is 9.25. The molecule has 0 spiro atoms. The van der Waals surface area contributed by atoms with E-state index in [9.17, 15) is 5.11 Å². The third kappa shape index (κ3) is 2.70. The predicted octanol–water partition coefficient (Wildman–Crippen LogP) is 1.52. The largest absolute Gasteiger partial charge is 0.454 e. The SMILES string of the molecule is CC(C)C(CO)NCc1cccc2c1OCO2. The monoisotopic (exact) mass is 237 g/mol. The average Bonchev–Trinajstić information content (AvgIpc) is 2.78. The van der Waals surface area contributed by atoms with Crippen LogP contribution in [0.15, 0.2) is 18.2 Å². The van der Waals surface area contributed by atoms with Gasteiger partial charge in [0.05, 0.1) is 6.61 Å². The first kappa shape index (κ1) is 12.2. The predicted molar refractivity (Wildman–Crippen MR) is 65.1 cm³/mol. The molecule has 1 aliphatic heterocycles. The molecule has 2 rings (SSSR count). The number of aliphatic hydroxyl groups excluding tert-OH is 1. The van der Waals surface area contributed by atoms with Crippen molar-refractivity contribution in [3.63, 3.8) is 0 Å². The summed E-state index contributed by atoms with van der Waals surface area (Å²) in [6.45, 7) is 5.28. The second-order valence-corrected chi connectivity index (χ2v) is 4.56. The molecular weight excluding hydrogens is 218 g/mol. The van der Waals surface area contributed by atoms with Crippen LogP contribution < -0.4 is 14.8 Å². The fourth-order valence-corrected chi connectivity index (χ4v) is 1.88. The highest BCUT2D eigenvalue weighted by Crippen LogP contribution is 2.35. The van der Waals surface area contributed by atoms with Crippen LogP contribution >= 0.6 is 0 Å². The van der Waals surface area contributed by atoms with Crippen LogP contribution in [0, 0.1) is 5.92 Å². The summed E-state index contributed by atoms with van der Waals surface area (Å²) in [5.74, 6) is 2.02. The van der Waals surface area contributed by atoms with Crippen LogP contribution in [0.1, 0.15) is 19.4 Å². The first-order valence-electron chi connectivity index (χ1n) is 5.94. The minimum absolute atomic E-state index is 0.105. The zero-order chi connectivity index (χ0) is 12.3. The molecule has 0 bridgehead atoms. The molecule has 0 radical (unpaired) electrons. The average molecular weight is 237 g/mol. The van der Waals surface area contributed by atoms with Crippen molar-refractivity contribution in [2.45, 2.75) is 26.4 Å². The summed E-state index contributed by atoms with van der Waals surface area (Å²) >= 11 is 0. The Hall–Kier alpha value is -1.26. The molecule has 0 aliphatic carbocycles. The van der Waals surface area contributed by atoms with Gasteiger partial charge >= 0.3 is 0 Å². The molecule has 1 atom stereocenters. The first-order chi connectivity index (χ1) is 8.22. The van der Waals surface area contributed by atoms with E-state index in [0.717, 1.165) is 17.1 Å². The van der Waals surface area contributed by atoms with Gasteiger partial charge in [0.15, 0.2) is 11.5 Å². The third-order valence-corrected chi connectivity index (χ3v) is 3.03. The standard InChI is InChI=1S/C13H19NO3/c1-9(2)11(7-15)14-6-10-4-3-5-12-13(10)17-8-16-12/h3-5,9,11,14-15H,6-8H2,1-2H3. The molecular formula is C13H19NO3. The second-order valence-electron chi connectivity index (χ2n) is 4.56. The molecule has 4 heteroatoms. The number of aliphatic hydroxyl groups is 1. The minimum Gasteiger partial charge on any atom is -0.454 e. The normalized spacial score (nSPS) is 15.3. The van der Waals surface area contributed by atoms with Crippen molar-refractivity contribution in [2.24, 2.45) is 5.92 Å². The van der Waals surface area contributed by atoms with E-state index in [4.69, 9.17) is 9.47 Å². The number of ether oxygens (including phenoxy) is 2. The summed E-state index contributed by atoms with van der Waals surface area (Å²) in [5, 5.41) is 12.6. The Balaban J connectivity index is 2.02. The molecule has 17 heavy (non-hydrogen) atoms. The summed E-state index contributed by atoms with van der Waals surface area (Å²) in [6, 6.07) is 5.97. The number of hydrogen-bond acceptors (Lipinski definition) is 4. The van der Waals surface area contributed by atoms with Gasteiger partial charge in [0, 0.05) is 18.2 Å². The Kier molecular flexibility index (Phi) is 3.86. The van der Waals surface area contributed by atoms with Gasteiger partial charge in [-0.3, -0.25) is 0 Å². The van der Waals surface area contributed by atoms with Crippen LogP contribution in [0.2, 0.25) is 0 Å². The van der Waals surface area contributed by atoms with Gasteiger partial charge in [-0.05, 0) is 12.0 Å². The van der Waals surface area contributed by atoms with Gasteiger partial charge in [0.25, 0.3) is 0 Å². The fourth-order valence-electron chi connectivity index (χ4n) is 1.88. The molecule has 0 fully saturated rings. The van der Waals surface area contributed by atoms with Gasteiger partial charge in [-0.25, -0.2) is 0 Å². The van der Waals surface area contributed by atoms with Crippen molar-refractivity contribution in [3.05, 3.63) is 23.8 Å². The lowest BCUT2D eigenvalue weighted by Crippen LogP contribution is -2.36. The highest BCUT2D eigenvalue weighted by Gasteiger charge is 2.18. The van der Waals surface area contributed by atoms with Crippen LogP contribution in [0.5, 0.6) is 11.5 Å². The molecule has 0 saturated carbocycles. The molecule has 1 aromatic rings. The van der Waals surface area contributed by atoms with Crippen molar-refractivity contribution in [2.75, 3.05) is 13.4 Å². The Morgan fingerprint density at radius 1 is 1.35 bits per heavy atom. The molecule has 4 nitrogen and oxygen atoms in total. The summed E-state index contributed by atoms with van der Waals surface area (Å²) in [7, 11) is 0. The lowest BCUT2D eigenvalue weighted by Gasteiger charge is -2.20. The van der Waals surface area contributed by atoms with Gasteiger partial charge in [-0.15, -0.1) is 0 Å². The number of fused-ring (bicyclic) bond motifs is 1. The number of hydrogen-bond donors (Lipinski definition) is 2. The topological polar surface area (TPSA) is 50.7 Å². The fraction of sp³-hybridized carbons (Fsp3) is 0.538. The molecule has 94 valence electrons. The Morgan fingerprint density at radius 2 is 2.18 bits per heavy atom. The zero-order valence-electron chi connectivity index (χ0n) is 10.3. The van der Waals surface area contributed by atoms with Gasteiger partial charge < -0.3 is 19.9 Å². The lowest BCUT2D eigenvalue weighted by molar-refractivity contribution is 0.172. The highest BCUT2D eigenvalue weighted by molar-refractivity contribution is 5.48. The Morgan fingerprint density at radius 3 is 2.88 bits per heavy atom. The molecule has 0 aromatic heterocycles. The smallest absolute Gasteiger partial charge is 0.231 e. The number of nitrogens with one attached hydrogen (secondary N) is 1. The van der Waals surface area contributed by atoms with Gasteiger partial charge in [-0.2, -0.15) is 0 Å². The minimum atomic E-state index is 0.105. The molecule has 1 unspecified atom stereocenters. The maximum atomic E-state index is 9.25. The highest BCUT2D eigenvalue weighted by atomic mass is 16.7. The van der Waals surface area contributed by atoms with Crippen LogP contribution in [0.4, 0.5) is 0 Å². The van der Waals surface area contributed by atoms with E-state index in [0.29, 0.717) is 19.3 Å². The van der Waals surface area contributed by atoms with E-state index < -0.39 is 0 Å². The van der Waals surface area contributed by atoms with E-state index in [2.05, 4.69) is 19.2 Å². The zero-order valence-corrected chi connectivity index (χ0v) is 10.3. The van der Waals surface area contributed by atoms with Gasteiger partial charge in [0.2, 0.25) is 6.79 Å². The van der Waals surface area contributed by atoms with E-state index >= 15 is 0 Å².